The molecule has 1 aromatic rings. The topological polar surface area (TPSA) is 31.6 Å². The molecule has 2 rings (SSSR count). The lowest BCUT2D eigenvalue weighted by Crippen LogP contribution is -2.48. The Kier molecular flexibility index (Phi) is 5.02. The second kappa shape index (κ2) is 6.55. The van der Waals surface area contributed by atoms with Crippen LogP contribution in [0.3, 0.4) is 0 Å². The van der Waals surface area contributed by atoms with E-state index in [1.54, 1.807) is 0 Å². The standard InChI is InChI=1S/C15H27N3O/c1-12(18-9-7-16-8-10-18)11-14(17(3)4)15-6-5-13(2)19-15/h5-6,12,14,16H,7-11H2,1-4H3. The van der Waals surface area contributed by atoms with Gasteiger partial charge in [-0.1, -0.05) is 0 Å². The lowest BCUT2D eigenvalue weighted by atomic mass is 10.0. The average Bonchev–Trinajstić information content (AvgIpc) is 2.82. The quantitative estimate of drug-likeness (QED) is 0.881. The molecule has 1 saturated heterocycles. The van der Waals surface area contributed by atoms with Crippen LogP contribution in [0.15, 0.2) is 16.5 Å². The van der Waals surface area contributed by atoms with E-state index in [4.69, 9.17) is 4.42 Å². The van der Waals surface area contributed by atoms with Crippen molar-refractivity contribution in [1.82, 2.24) is 15.1 Å². The highest BCUT2D eigenvalue weighted by molar-refractivity contribution is 5.10. The first-order valence-corrected chi connectivity index (χ1v) is 7.25. The van der Waals surface area contributed by atoms with Gasteiger partial charge in [0.05, 0.1) is 6.04 Å². The summed E-state index contributed by atoms with van der Waals surface area (Å²) in [5.41, 5.74) is 0. The summed E-state index contributed by atoms with van der Waals surface area (Å²) >= 11 is 0. The van der Waals surface area contributed by atoms with Gasteiger partial charge in [-0.15, -0.1) is 0 Å². The van der Waals surface area contributed by atoms with Gasteiger partial charge in [-0.25, -0.2) is 0 Å². The van der Waals surface area contributed by atoms with Crippen LogP contribution in [-0.2, 0) is 0 Å². The molecular weight excluding hydrogens is 238 g/mol. The van der Waals surface area contributed by atoms with Crippen molar-refractivity contribution in [2.75, 3.05) is 40.3 Å². The summed E-state index contributed by atoms with van der Waals surface area (Å²) in [6, 6.07) is 5.12. The van der Waals surface area contributed by atoms with Crippen LogP contribution in [-0.4, -0.2) is 56.1 Å². The van der Waals surface area contributed by atoms with Crippen LogP contribution in [0.4, 0.5) is 0 Å². The Morgan fingerprint density at radius 1 is 1.32 bits per heavy atom. The molecule has 2 atom stereocenters. The van der Waals surface area contributed by atoms with E-state index in [0.29, 0.717) is 12.1 Å². The van der Waals surface area contributed by atoms with E-state index in [1.807, 2.05) is 6.92 Å². The molecule has 2 heterocycles. The third-order valence-corrected chi connectivity index (χ3v) is 4.05. The maximum atomic E-state index is 5.82. The Morgan fingerprint density at radius 2 is 2.00 bits per heavy atom. The number of hydrogen-bond donors (Lipinski definition) is 1. The van der Waals surface area contributed by atoms with E-state index in [0.717, 1.165) is 44.1 Å². The summed E-state index contributed by atoms with van der Waals surface area (Å²) in [5.74, 6) is 2.08. The Hall–Kier alpha value is -0.840. The number of aryl methyl sites for hydroxylation is 1. The fraction of sp³-hybridized carbons (Fsp3) is 0.733. The fourth-order valence-corrected chi connectivity index (χ4v) is 2.81. The molecular formula is C15H27N3O. The van der Waals surface area contributed by atoms with E-state index in [1.165, 1.54) is 0 Å². The largest absolute Gasteiger partial charge is 0.465 e. The molecule has 0 aromatic carbocycles. The van der Waals surface area contributed by atoms with Gasteiger partial charge in [0.25, 0.3) is 0 Å². The fourth-order valence-electron chi connectivity index (χ4n) is 2.81. The first kappa shape index (κ1) is 14.6. The predicted molar refractivity (Wildman–Crippen MR) is 78.4 cm³/mol. The summed E-state index contributed by atoms with van der Waals surface area (Å²) in [7, 11) is 4.26. The maximum Gasteiger partial charge on any atom is 0.121 e. The van der Waals surface area contributed by atoms with Crippen LogP contribution in [0, 0.1) is 6.92 Å². The molecule has 108 valence electrons. The first-order valence-electron chi connectivity index (χ1n) is 7.25. The van der Waals surface area contributed by atoms with Crippen molar-refractivity contribution in [3.8, 4) is 0 Å². The summed E-state index contributed by atoms with van der Waals surface area (Å²) in [4.78, 5) is 4.83. The van der Waals surface area contributed by atoms with E-state index in [2.05, 4.69) is 48.3 Å². The van der Waals surface area contributed by atoms with Crippen molar-refractivity contribution in [2.45, 2.75) is 32.4 Å². The summed E-state index contributed by atoms with van der Waals surface area (Å²) in [5, 5.41) is 3.41. The van der Waals surface area contributed by atoms with Crippen molar-refractivity contribution in [1.29, 1.82) is 0 Å². The number of furan rings is 1. The van der Waals surface area contributed by atoms with Gasteiger partial charge >= 0.3 is 0 Å². The molecule has 1 aliphatic heterocycles. The minimum absolute atomic E-state index is 0.360. The molecule has 4 heteroatoms. The van der Waals surface area contributed by atoms with Crippen LogP contribution in [0.25, 0.3) is 0 Å². The zero-order valence-electron chi connectivity index (χ0n) is 12.6. The molecule has 1 N–H and O–H groups in total. The molecule has 2 unspecified atom stereocenters. The molecule has 0 aliphatic carbocycles. The summed E-state index contributed by atoms with van der Waals surface area (Å²) < 4.78 is 5.82. The maximum absolute atomic E-state index is 5.82. The van der Waals surface area contributed by atoms with Gasteiger partial charge < -0.3 is 9.73 Å². The Morgan fingerprint density at radius 3 is 2.53 bits per heavy atom. The summed E-state index contributed by atoms with van der Waals surface area (Å²) in [6.45, 7) is 8.86. The predicted octanol–water partition coefficient (Wildman–Crippen LogP) is 1.87. The van der Waals surface area contributed by atoms with E-state index < -0.39 is 0 Å². The molecule has 1 fully saturated rings. The molecule has 1 aromatic heterocycles. The molecule has 4 nitrogen and oxygen atoms in total. The Balaban J connectivity index is 2.00. The lowest BCUT2D eigenvalue weighted by molar-refractivity contribution is 0.135. The van der Waals surface area contributed by atoms with Gasteiger partial charge in [0.15, 0.2) is 0 Å². The number of piperazine rings is 1. The second-order valence-electron chi connectivity index (χ2n) is 5.80. The highest BCUT2D eigenvalue weighted by atomic mass is 16.3. The van der Waals surface area contributed by atoms with Crippen LogP contribution in [0.5, 0.6) is 0 Å². The number of nitrogens with zero attached hydrogens (tertiary/aromatic N) is 2. The third kappa shape index (κ3) is 3.81. The zero-order chi connectivity index (χ0) is 13.8. The first-order chi connectivity index (χ1) is 9.08. The zero-order valence-corrected chi connectivity index (χ0v) is 12.6. The molecule has 0 spiro atoms. The average molecular weight is 265 g/mol. The van der Waals surface area contributed by atoms with Gasteiger partial charge in [0, 0.05) is 32.2 Å². The van der Waals surface area contributed by atoms with E-state index in [9.17, 15) is 0 Å². The minimum Gasteiger partial charge on any atom is -0.465 e. The van der Waals surface area contributed by atoms with Crippen LogP contribution >= 0.6 is 0 Å². The normalized spacial score (nSPS) is 20.7. The van der Waals surface area contributed by atoms with Crippen LogP contribution in [0.2, 0.25) is 0 Å². The Labute approximate surface area is 116 Å². The van der Waals surface area contributed by atoms with Crippen molar-refractivity contribution in [3.05, 3.63) is 23.7 Å². The van der Waals surface area contributed by atoms with E-state index >= 15 is 0 Å². The van der Waals surface area contributed by atoms with Gasteiger partial charge in [-0.3, -0.25) is 9.80 Å². The Bertz CT molecular complexity index is 382. The highest BCUT2D eigenvalue weighted by Gasteiger charge is 2.24. The van der Waals surface area contributed by atoms with Gasteiger partial charge in [0.2, 0.25) is 0 Å². The van der Waals surface area contributed by atoms with Crippen molar-refractivity contribution in [2.24, 2.45) is 0 Å². The van der Waals surface area contributed by atoms with Crippen LogP contribution in [0.1, 0.15) is 30.9 Å². The van der Waals surface area contributed by atoms with Crippen molar-refractivity contribution >= 4 is 0 Å². The number of nitrogens with one attached hydrogen (secondary N) is 1. The highest BCUT2D eigenvalue weighted by Crippen LogP contribution is 2.26. The molecule has 1 aliphatic rings. The molecule has 0 amide bonds. The van der Waals surface area contributed by atoms with E-state index in [-0.39, 0.29) is 0 Å². The lowest BCUT2D eigenvalue weighted by Gasteiger charge is -2.35. The molecule has 19 heavy (non-hydrogen) atoms. The van der Waals surface area contributed by atoms with Gasteiger partial charge in [0.1, 0.15) is 11.5 Å². The number of hydrogen-bond acceptors (Lipinski definition) is 4. The molecule has 0 radical (unpaired) electrons. The number of rotatable bonds is 5. The summed E-state index contributed by atoms with van der Waals surface area (Å²) in [6.07, 6.45) is 1.11. The third-order valence-electron chi connectivity index (χ3n) is 4.05. The second-order valence-corrected chi connectivity index (χ2v) is 5.80. The molecule has 0 saturated carbocycles. The van der Waals surface area contributed by atoms with Crippen molar-refractivity contribution in [3.63, 3.8) is 0 Å². The van der Waals surface area contributed by atoms with Gasteiger partial charge in [-0.2, -0.15) is 0 Å². The minimum atomic E-state index is 0.360. The SMILES string of the molecule is Cc1ccc(C(CC(C)N2CCNCC2)N(C)C)o1. The monoisotopic (exact) mass is 265 g/mol. The van der Waals surface area contributed by atoms with Crippen LogP contribution < -0.4 is 5.32 Å². The van der Waals surface area contributed by atoms with Crippen molar-refractivity contribution < 1.29 is 4.42 Å². The van der Waals surface area contributed by atoms with Gasteiger partial charge in [-0.05, 0) is 46.5 Å². The smallest absolute Gasteiger partial charge is 0.121 e. The molecule has 0 bridgehead atoms.